The summed E-state index contributed by atoms with van der Waals surface area (Å²) in [6, 6.07) is 7.03. The van der Waals surface area contributed by atoms with Crippen LogP contribution >= 0.6 is 15.9 Å². The molecule has 14 heavy (non-hydrogen) atoms. The van der Waals surface area contributed by atoms with E-state index in [4.69, 9.17) is 9.84 Å². The molecule has 5 heteroatoms. The number of hydrogen-bond acceptors (Lipinski definition) is 3. The van der Waals surface area contributed by atoms with Gasteiger partial charge in [-0.25, -0.2) is 4.79 Å². The van der Waals surface area contributed by atoms with E-state index in [9.17, 15) is 4.79 Å². The molecule has 76 valence electrons. The van der Waals surface area contributed by atoms with Gasteiger partial charge in [0.05, 0.1) is 11.1 Å². The molecule has 0 saturated carbocycles. The number of nitrogens with one attached hydrogen (secondary N) is 1. The number of hydrogen-bond donors (Lipinski definition) is 2. The topological polar surface area (TPSA) is 58.6 Å². The molecule has 0 spiro atoms. The first-order chi connectivity index (χ1) is 6.74. The molecule has 0 saturated heterocycles. The predicted octanol–water partition coefficient (Wildman–Crippen LogP) is 1.53. The van der Waals surface area contributed by atoms with Gasteiger partial charge in [0.1, 0.15) is 5.75 Å². The smallest absolute Gasteiger partial charge is 0.409 e. The second-order valence-electron chi connectivity index (χ2n) is 2.47. The molecular weight excluding hydrogens is 250 g/mol. The highest BCUT2D eigenvalue weighted by Crippen LogP contribution is 2.23. The molecule has 1 rings (SSSR count). The fraction of sp³-hybridized carbons (Fsp3) is 0.222. The second kappa shape index (κ2) is 5.62. The Balaban J connectivity index is 2.52. The van der Waals surface area contributed by atoms with Crippen LogP contribution in [0.1, 0.15) is 0 Å². The first kappa shape index (κ1) is 11.0. The maximum atomic E-state index is 11.1. The van der Waals surface area contributed by atoms with Gasteiger partial charge in [0.15, 0.2) is 0 Å². The van der Waals surface area contributed by atoms with Crippen molar-refractivity contribution in [3.05, 3.63) is 28.7 Å². The normalized spacial score (nSPS) is 9.57. The molecule has 1 aromatic rings. The Bertz CT molecular complexity index is 317. The van der Waals surface area contributed by atoms with Crippen molar-refractivity contribution in [3.63, 3.8) is 0 Å². The van der Waals surface area contributed by atoms with Crippen molar-refractivity contribution in [1.29, 1.82) is 0 Å². The minimum Gasteiger partial charge on any atom is -0.409 e. The standard InChI is InChI=1S/C9H10BrNO3/c10-7-3-1-2-4-8(7)14-9(13)11-5-6-12/h1-4,12H,5-6H2,(H,11,13). The van der Waals surface area contributed by atoms with Crippen LogP contribution in [0, 0.1) is 0 Å². The number of aliphatic hydroxyl groups is 1. The SMILES string of the molecule is O=C(NCCO)Oc1ccccc1Br. The average Bonchev–Trinajstić information content (AvgIpc) is 2.18. The van der Waals surface area contributed by atoms with Crippen LogP contribution in [0.3, 0.4) is 0 Å². The summed E-state index contributed by atoms with van der Waals surface area (Å²) >= 11 is 3.24. The summed E-state index contributed by atoms with van der Waals surface area (Å²) < 4.78 is 5.65. The zero-order chi connectivity index (χ0) is 10.4. The number of carbonyl (C=O) groups excluding carboxylic acids is 1. The van der Waals surface area contributed by atoms with Crippen LogP contribution in [-0.2, 0) is 0 Å². The number of halogens is 1. The molecule has 4 nitrogen and oxygen atoms in total. The van der Waals surface area contributed by atoms with Crippen molar-refractivity contribution in [3.8, 4) is 5.75 Å². The Morgan fingerprint density at radius 2 is 2.21 bits per heavy atom. The van der Waals surface area contributed by atoms with Gasteiger partial charge >= 0.3 is 6.09 Å². The van der Waals surface area contributed by atoms with Gasteiger partial charge in [0, 0.05) is 6.54 Å². The lowest BCUT2D eigenvalue weighted by Gasteiger charge is -2.06. The molecule has 0 unspecified atom stereocenters. The van der Waals surface area contributed by atoms with Gasteiger partial charge < -0.3 is 15.2 Å². The zero-order valence-corrected chi connectivity index (χ0v) is 8.95. The molecule has 0 radical (unpaired) electrons. The van der Waals surface area contributed by atoms with Crippen molar-refractivity contribution in [2.24, 2.45) is 0 Å². The van der Waals surface area contributed by atoms with Gasteiger partial charge in [-0.2, -0.15) is 0 Å². The molecule has 0 aliphatic heterocycles. The predicted molar refractivity (Wildman–Crippen MR) is 55.3 cm³/mol. The summed E-state index contributed by atoms with van der Waals surface area (Å²) in [4.78, 5) is 11.1. The third-order valence-electron chi connectivity index (χ3n) is 1.42. The molecule has 0 aromatic heterocycles. The van der Waals surface area contributed by atoms with E-state index in [1.165, 1.54) is 0 Å². The minimum atomic E-state index is -0.578. The van der Waals surface area contributed by atoms with Gasteiger partial charge in [0.2, 0.25) is 0 Å². The Morgan fingerprint density at radius 3 is 2.86 bits per heavy atom. The Kier molecular flexibility index (Phi) is 4.42. The quantitative estimate of drug-likeness (QED) is 0.866. The molecule has 2 N–H and O–H groups in total. The third-order valence-corrected chi connectivity index (χ3v) is 2.08. The van der Waals surface area contributed by atoms with E-state index in [2.05, 4.69) is 21.2 Å². The van der Waals surface area contributed by atoms with Crippen LogP contribution in [0.25, 0.3) is 0 Å². The Morgan fingerprint density at radius 1 is 1.50 bits per heavy atom. The second-order valence-corrected chi connectivity index (χ2v) is 3.32. The molecule has 0 aliphatic rings. The largest absolute Gasteiger partial charge is 0.412 e. The van der Waals surface area contributed by atoms with Crippen molar-refractivity contribution in [2.75, 3.05) is 13.2 Å². The summed E-state index contributed by atoms with van der Waals surface area (Å²) in [5.74, 6) is 0.447. The van der Waals surface area contributed by atoms with E-state index in [1.54, 1.807) is 18.2 Å². The lowest BCUT2D eigenvalue weighted by Crippen LogP contribution is -2.29. The number of aliphatic hydroxyl groups excluding tert-OH is 1. The first-order valence-electron chi connectivity index (χ1n) is 4.05. The van der Waals surface area contributed by atoms with Crippen LogP contribution in [0.5, 0.6) is 5.75 Å². The summed E-state index contributed by atoms with van der Waals surface area (Å²) in [5.41, 5.74) is 0. The van der Waals surface area contributed by atoms with Crippen LogP contribution < -0.4 is 10.1 Å². The highest BCUT2D eigenvalue weighted by atomic mass is 79.9. The minimum absolute atomic E-state index is 0.106. The van der Waals surface area contributed by atoms with E-state index in [1.807, 2.05) is 6.07 Å². The highest BCUT2D eigenvalue weighted by Gasteiger charge is 2.05. The molecule has 0 atom stereocenters. The Labute approximate surface area is 90.0 Å². The van der Waals surface area contributed by atoms with Gasteiger partial charge in [0.25, 0.3) is 0 Å². The van der Waals surface area contributed by atoms with Crippen LogP contribution in [0.15, 0.2) is 28.7 Å². The van der Waals surface area contributed by atoms with Crippen molar-refractivity contribution >= 4 is 22.0 Å². The van der Waals surface area contributed by atoms with E-state index in [0.29, 0.717) is 10.2 Å². The Hall–Kier alpha value is -1.07. The summed E-state index contributed by atoms with van der Waals surface area (Å²) in [6.45, 7) is 0.0777. The van der Waals surface area contributed by atoms with Crippen molar-refractivity contribution < 1.29 is 14.6 Å². The zero-order valence-electron chi connectivity index (χ0n) is 7.37. The lowest BCUT2D eigenvalue weighted by molar-refractivity contribution is 0.195. The van der Waals surface area contributed by atoms with Crippen LogP contribution in [-0.4, -0.2) is 24.4 Å². The maximum Gasteiger partial charge on any atom is 0.412 e. The first-order valence-corrected chi connectivity index (χ1v) is 4.84. The number of amides is 1. The number of ether oxygens (including phenoxy) is 1. The fourth-order valence-electron chi connectivity index (χ4n) is 0.821. The molecule has 0 heterocycles. The molecule has 0 aliphatic carbocycles. The number of benzene rings is 1. The number of carbonyl (C=O) groups is 1. The van der Waals surface area contributed by atoms with Crippen LogP contribution in [0.2, 0.25) is 0 Å². The summed E-state index contributed by atoms with van der Waals surface area (Å²) in [6.07, 6.45) is -0.578. The van der Waals surface area contributed by atoms with E-state index < -0.39 is 6.09 Å². The van der Waals surface area contributed by atoms with Gasteiger partial charge in [-0.3, -0.25) is 0 Å². The average molecular weight is 260 g/mol. The molecule has 0 fully saturated rings. The van der Waals surface area contributed by atoms with Gasteiger partial charge in [-0.05, 0) is 28.1 Å². The highest BCUT2D eigenvalue weighted by molar-refractivity contribution is 9.10. The fourth-order valence-corrected chi connectivity index (χ4v) is 1.19. The molecule has 1 amide bonds. The van der Waals surface area contributed by atoms with Gasteiger partial charge in [-0.15, -0.1) is 0 Å². The summed E-state index contributed by atoms with van der Waals surface area (Å²) in [5, 5.41) is 10.8. The monoisotopic (exact) mass is 259 g/mol. The van der Waals surface area contributed by atoms with E-state index >= 15 is 0 Å². The maximum absolute atomic E-state index is 11.1. The van der Waals surface area contributed by atoms with Gasteiger partial charge in [-0.1, -0.05) is 12.1 Å². The van der Waals surface area contributed by atoms with Crippen molar-refractivity contribution in [2.45, 2.75) is 0 Å². The number of rotatable bonds is 3. The van der Waals surface area contributed by atoms with Crippen LogP contribution in [0.4, 0.5) is 4.79 Å². The molecular formula is C9H10BrNO3. The third kappa shape index (κ3) is 3.35. The van der Waals surface area contributed by atoms with Crippen molar-refractivity contribution in [1.82, 2.24) is 5.32 Å². The van der Waals surface area contributed by atoms with E-state index in [0.717, 1.165) is 0 Å². The number of para-hydroxylation sites is 1. The molecule has 1 aromatic carbocycles. The van der Waals surface area contributed by atoms with E-state index in [-0.39, 0.29) is 13.2 Å². The summed E-state index contributed by atoms with van der Waals surface area (Å²) in [7, 11) is 0. The molecule has 0 bridgehead atoms. The lowest BCUT2D eigenvalue weighted by atomic mass is 10.3.